The van der Waals surface area contributed by atoms with Crippen molar-refractivity contribution in [2.24, 2.45) is 5.73 Å². The van der Waals surface area contributed by atoms with Crippen LogP contribution in [-0.2, 0) is 0 Å². The van der Waals surface area contributed by atoms with E-state index in [0.29, 0.717) is 18.4 Å². The number of nitrogens with two attached hydrogens (primary N) is 1. The van der Waals surface area contributed by atoms with Crippen molar-refractivity contribution in [3.8, 4) is 0 Å². The largest absolute Gasteiger partial charge is 0.387 e. The lowest BCUT2D eigenvalue weighted by Gasteiger charge is -2.32. The number of likely N-dealkylation sites (tertiary alicyclic amines) is 1. The Labute approximate surface area is 68.1 Å². The predicted octanol–water partition coefficient (Wildman–Crippen LogP) is 0.797. The lowest BCUT2D eigenvalue weighted by molar-refractivity contribution is 0.184. The fourth-order valence-corrected chi connectivity index (χ4v) is 1.61. The maximum atomic E-state index is 7.16. The van der Waals surface area contributed by atoms with E-state index in [1.165, 1.54) is 19.3 Å². The molecule has 0 amide bonds. The van der Waals surface area contributed by atoms with E-state index >= 15 is 0 Å². The van der Waals surface area contributed by atoms with Gasteiger partial charge in [0.2, 0.25) is 0 Å². The van der Waals surface area contributed by atoms with Crippen LogP contribution in [0.15, 0.2) is 0 Å². The summed E-state index contributed by atoms with van der Waals surface area (Å²) >= 11 is 0. The average Bonchev–Trinajstić information content (AvgIpc) is 1.93. The second-order valence-electron chi connectivity index (χ2n) is 3.34. The van der Waals surface area contributed by atoms with Crippen LogP contribution in [0.5, 0.6) is 0 Å². The molecule has 64 valence electrons. The van der Waals surface area contributed by atoms with Gasteiger partial charge in [-0.05, 0) is 26.3 Å². The lowest BCUT2D eigenvalue weighted by Crippen LogP contribution is -2.42. The molecule has 1 saturated heterocycles. The highest BCUT2D eigenvalue weighted by Gasteiger charge is 2.17. The number of nitrogens with zero attached hydrogens (tertiary/aromatic N) is 1. The maximum absolute atomic E-state index is 7.16. The number of hydrogen-bond donors (Lipinski definition) is 2. The minimum absolute atomic E-state index is 0.291. The molecule has 3 nitrogen and oxygen atoms in total. The van der Waals surface area contributed by atoms with E-state index in [1.54, 1.807) is 0 Å². The van der Waals surface area contributed by atoms with Crippen LogP contribution in [0.25, 0.3) is 0 Å². The summed E-state index contributed by atoms with van der Waals surface area (Å²) in [6.45, 7) is 3.98. The Morgan fingerprint density at radius 2 is 2.36 bits per heavy atom. The van der Waals surface area contributed by atoms with E-state index in [1.807, 2.05) is 0 Å². The van der Waals surface area contributed by atoms with Gasteiger partial charge in [0.15, 0.2) is 0 Å². The Morgan fingerprint density at radius 1 is 1.64 bits per heavy atom. The van der Waals surface area contributed by atoms with Crippen molar-refractivity contribution in [2.75, 3.05) is 13.1 Å². The zero-order chi connectivity index (χ0) is 8.27. The van der Waals surface area contributed by atoms with E-state index in [4.69, 9.17) is 11.1 Å². The summed E-state index contributed by atoms with van der Waals surface area (Å²) in [5.74, 6) is 0.291. The summed E-state index contributed by atoms with van der Waals surface area (Å²) in [6, 6.07) is 0.618. The second-order valence-corrected chi connectivity index (χ2v) is 3.34. The van der Waals surface area contributed by atoms with Gasteiger partial charge in [-0.3, -0.25) is 10.3 Å². The third kappa shape index (κ3) is 2.50. The van der Waals surface area contributed by atoms with Crippen molar-refractivity contribution in [3.05, 3.63) is 0 Å². The molecule has 1 atom stereocenters. The normalized spacial score (nSPS) is 26.8. The van der Waals surface area contributed by atoms with Crippen molar-refractivity contribution in [2.45, 2.75) is 32.2 Å². The molecular weight excluding hydrogens is 138 g/mol. The molecule has 0 radical (unpaired) electrons. The molecule has 0 aromatic rings. The Morgan fingerprint density at radius 3 is 2.91 bits per heavy atom. The summed E-state index contributed by atoms with van der Waals surface area (Å²) in [7, 11) is 0. The van der Waals surface area contributed by atoms with Crippen LogP contribution in [0.4, 0.5) is 0 Å². The first kappa shape index (κ1) is 8.53. The molecule has 1 aliphatic rings. The Kier molecular flexibility index (Phi) is 2.88. The maximum Gasteiger partial charge on any atom is 0.105 e. The molecule has 0 bridgehead atoms. The van der Waals surface area contributed by atoms with E-state index in [-0.39, 0.29) is 0 Å². The molecule has 3 N–H and O–H groups in total. The van der Waals surface area contributed by atoms with Crippen LogP contribution >= 0.6 is 0 Å². The Hall–Kier alpha value is -0.570. The van der Waals surface area contributed by atoms with Crippen molar-refractivity contribution in [1.82, 2.24) is 4.90 Å². The zero-order valence-corrected chi connectivity index (χ0v) is 7.14. The Bertz CT molecular complexity index is 144. The number of amidine groups is 1. The molecule has 0 saturated carbocycles. The summed E-state index contributed by atoms with van der Waals surface area (Å²) in [4.78, 5) is 2.28. The molecule has 1 heterocycles. The zero-order valence-electron chi connectivity index (χ0n) is 7.14. The molecule has 1 rings (SSSR count). The summed E-state index contributed by atoms with van der Waals surface area (Å²) in [5.41, 5.74) is 5.33. The topological polar surface area (TPSA) is 53.1 Å². The van der Waals surface area contributed by atoms with Crippen LogP contribution in [0.1, 0.15) is 26.2 Å². The van der Waals surface area contributed by atoms with Gasteiger partial charge in [0, 0.05) is 6.04 Å². The van der Waals surface area contributed by atoms with E-state index in [9.17, 15) is 0 Å². The van der Waals surface area contributed by atoms with Gasteiger partial charge < -0.3 is 5.73 Å². The van der Waals surface area contributed by atoms with Crippen molar-refractivity contribution < 1.29 is 0 Å². The third-order valence-electron chi connectivity index (χ3n) is 2.31. The van der Waals surface area contributed by atoms with Crippen LogP contribution in [0, 0.1) is 5.41 Å². The molecule has 0 aromatic carbocycles. The number of hydrogen-bond acceptors (Lipinski definition) is 2. The van der Waals surface area contributed by atoms with Gasteiger partial charge in [0.25, 0.3) is 0 Å². The summed E-state index contributed by atoms with van der Waals surface area (Å²) in [5, 5.41) is 7.16. The quantitative estimate of drug-likeness (QED) is 0.457. The fourth-order valence-electron chi connectivity index (χ4n) is 1.61. The summed E-state index contributed by atoms with van der Waals surface area (Å²) in [6.07, 6.45) is 3.85. The van der Waals surface area contributed by atoms with Gasteiger partial charge in [-0.2, -0.15) is 0 Å². The highest BCUT2D eigenvalue weighted by molar-refractivity contribution is 5.78. The van der Waals surface area contributed by atoms with E-state index < -0.39 is 0 Å². The van der Waals surface area contributed by atoms with Gasteiger partial charge in [-0.15, -0.1) is 0 Å². The SMILES string of the molecule is CC1CCCCN1CC(=N)N. The van der Waals surface area contributed by atoms with Gasteiger partial charge in [0.1, 0.15) is 5.84 Å². The molecule has 1 aliphatic heterocycles. The molecule has 1 unspecified atom stereocenters. The first-order valence-electron chi connectivity index (χ1n) is 4.27. The van der Waals surface area contributed by atoms with E-state index in [0.717, 1.165) is 6.54 Å². The van der Waals surface area contributed by atoms with Crippen LogP contribution in [0.3, 0.4) is 0 Å². The van der Waals surface area contributed by atoms with Gasteiger partial charge in [0.05, 0.1) is 6.54 Å². The smallest absolute Gasteiger partial charge is 0.105 e. The van der Waals surface area contributed by atoms with Crippen LogP contribution in [-0.4, -0.2) is 29.9 Å². The predicted molar refractivity (Wildman–Crippen MR) is 46.8 cm³/mol. The second kappa shape index (κ2) is 3.72. The van der Waals surface area contributed by atoms with Crippen LogP contribution in [0.2, 0.25) is 0 Å². The fraction of sp³-hybridized carbons (Fsp3) is 0.875. The lowest BCUT2D eigenvalue weighted by atomic mass is 10.0. The van der Waals surface area contributed by atoms with E-state index in [2.05, 4.69) is 11.8 Å². The van der Waals surface area contributed by atoms with Crippen molar-refractivity contribution in [3.63, 3.8) is 0 Å². The molecular formula is C8H17N3. The molecule has 0 spiro atoms. The Balaban J connectivity index is 2.35. The first-order chi connectivity index (χ1) is 5.20. The third-order valence-corrected chi connectivity index (χ3v) is 2.31. The number of nitrogens with one attached hydrogen (secondary N) is 1. The standard InChI is InChI=1S/C8H17N3/c1-7-4-2-3-5-11(7)6-8(9)10/h7H,2-6H2,1H3,(H3,9,10). The van der Waals surface area contributed by atoms with Crippen molar-refractivity contribution >= 4 is 5.84 Å². The van der Waals surface area contributed by atoms with Gasteiger partial charge in [-0.25, -0.2) is 0 Å². The minimum atomic E-state index is 0.291. The highest BCUT2D eigenvalue weighted by Crippen LogP contribution is 2.15. The minimum Gasteiger partial charge on any atom is -0.387 e. The molecule has 11 heavy (non-hydrogen) atoms. The average molecular weight is 155 g/mol. The van der Waals surface area contributed by atoms with Crippen LogP contribution < -0.4 is 5.73 Å². The number of rotatable bonds is 2. The van der Waals surface area contributed by atoms with Gasteiger partial charge in [-0.1, -0.05) is 6.42 Å². The van der Waals surface area contributed by atoms with Gasteiger partial charge >= 0.3 is 0 Å². The molecule has 0 aromatic heterocycles. The number of piperidine rings is 1. The molecule has 3 heteroatoms. The molecule has 0 aliphatic carbocycles. The van der Waals surface area contributed by atoms with Crippen molar-refractivity contribution in [1.29, 1.82) is 5.41 Å². The highest BCUT2D eigenvalue weighted by atomic mass is 15.2. The monoisotopic (exact) mass is 155 g/mol. The molecule has 1 fully saturated rings. The first-order valence-corrected chi connectivity index (χ1v) is 4.27. The summed E-state index contributed by atoms with van der Waals surface area (Å²) < 4.78 is 0.